The van der Waals surface area contributed by atoms with Gasteiger partial charge in [0.05, 0.1) is 23.3 Å². The molecule has 4 aromatic rings. The van der Waals surface area contributed by atoms with Crippen molar-refractivity contribution in [2.75, 3.05) is 50.6 Å². The molecule has 1 aliphatic rings. The number of nitrogens with one attached hydrogen (secondary N) is 1. The van der Waals surface area contributed by atoms with Crippen LogP contribution >= 0.6 is 11.6 Å². The highest BCUT2D eigenvalue weighted by Gasteiger charge is 2.26. The predicted octanol–water partition coefficient (Wildman–Crippen LogP) is 5.84. The number of benzene rings is 4. The number of carbonyl (C=O) groups excluding carboxylic acids is 3. The highest BCUT2D eigenvalue weighted by Crippen LogP contribution is 2.28. The lowest BCUT2D eigenvalue weighted by atomic mass is 10.1. The Morgan fingerprint density at radius 3 is 2.19 bits per heavy atom. The second-order valence-corrected chi connectivity index (χ2v) is 10.7. The van der Waals surface area contributed by atoms with Gasteiger partial charge in [0.1, 0.15) is 5.75 Å². The topological polar surface area (TPSA) is 82.2 Å². The quantitative estimate of drug-likeness (QED) is 0.277. The normalized spacial score (nSPS) is 12.9. The minimum atomic E-state index is -0.361. The van der Waals surface area contributed by atoms with Gasteiger partial charge in [-0.25, -0.2) is 0 Å². The molecular formula is C34H33ClN4O4. The fourth-order valence-corrected chi connectivity index (χ4v) is 5.33. The Balaban J connectivity index is 1.37. The molecule has 1 saturated heterocycles. The van der Waals surface area contributed by atoms with Crippen molar-refractivity contribution in [3.63, 3.8) is 0 Å². The van der Waals surface area contributed by atoms with E-state index < -0.39 is 0 Å². The molecular weight excluding hydrogens is 564 g/mol. The number of amides is 3. The zero-order chi connectivity index (χ0) is 30.3. The maximum atomic E-state index is 13.9. The number of hydrogen-bond donors (Lipinski definition) is 1. The molecule has 0 unspecified atom stereocenters. The Labute approximate surface area is 256 Å². The average molecular weight is 597 g/mol. The second kappa shape index (κ2) is 13.4. The van der Waals surface area contributed by atoms with Gasteiger partial charge in [0.25, 0.3) is 17.7 Å². The van der Waals surface area contributed by atoms with Gasteiger partial charge in [-0.3, -0.25) is 14.4 Å². The standard InChI is InChI=1S/C34H33ClN4O4/c1-37(23-24-8-4-3-5-9-24)34(42)29-22-26(36-32(40)28-10-6-7-11-30(28)35)14-17-31(29)38-18-20-39(21-19-38)33(41)25-12-15-27(43-2)16-13-25/h3-17,22H,18-21,23H2,1-2H3,(H,36,40). The third kappa shape index (κ3) is 6.98. The van der Waals surface area contributed by atoms with Crippen molar-refractivity contribution < 1.29 is 19.1 Å². The van der Waals surface area contributed by atoms with E-state index in [0.29, 0.717) is 65.9 Å². The van der Waals surface area contributed by atoms with Crippen LogP contribution in [0.1, 0.15) is 36.6 Å². The first kappa shape index (κ1) is 29.7. The van der Waals surface area contributed by atoms with Crippen LogP contribution in [0, 0.1) is 0 Å². The lowest BCUT2D eigenvalue weighted by molar-refractivity contribution is 0.0742. The number of methoxy groups -OCH3 is 1. The number of anilines is 2. The number of ether oxygens (including phenoxy) is 1. The van der Waals surface area contributed by atoms with E-state index >= 15 is 0 Å². The van der Waals surface area contributed by atoms with Crippen molar-refractivity contribution in [3.05, 3.63) is 124 Å². The maximum absolute atomic E-state index is 13.9. The zero-order valence-corrected chi connectivity index (χ0v) is 24.9. The molecule has 4 aromatic carbocycles. The summed E-state index contributed by atoms with van der Waals surface area (Å²) in [6.07, 6.45) is 0. The molecule has 1 heterocycles. The Morgan fingerprint density at radius 1 is 0.837 bits per heavy atom. The highest BCUT2D eigenvalue weighted by atomic mass is 35.5. The molecule has 1 aliphatic heterocycles. The first-order valence-corrected chi connectivity index (χ1v) is 14.4. The van der Waals surface area contributed by atoms with Crippen LogP contribution in [0.5, 0.6) is 5.75 Å². The van der Waals surface area contributed by atoms with Crippen LogP contribution in [0.25, 0.3) is 0 Å². The summed E-state index contributed by atoms with van der Waals surface area (Å²) in [5.74, 6) is 0.116. The molecule has 1 N–H and O–H groups in total. The van der Waals surface area contributed by atoms with Crippen LogP contribution in [-0.2, 0) is 6.54 Å². The third-order valence-corrected chi connectivity index (χ3v) is 7.79. The van der Waals surface area contributed by atoms with Crippen molar-refractivity contribution >= 4 is 40.7 Å². The highest BCUT2D eigenvalue weighted by molar-refractivity contribution is 6.34. The molecule has 0 bridgehead atoms. The molecule has 0 saturated carbocycles. The van der Waals surface area contributed by atoms with Crippen molar-refractivity contribution in [2.45, 2.75) is 6.54 Å². The molecule has 1 fully saturated rings. The summed E-state index contributed by atoms with van der Waals surface area (Å²) in [6.45, 7) is 2.54. The van der Waals surface area contributed by atoms with Crippen molar-refractivity contribution in [2.24, 2.45) is 0 Å². The minimum Gasteiger partial charge on any atom is -0.497 e. The summed E-state index contributed by atoms with van der Waals surface area (Å²) in [6, 6.07) is 29.0. The van der Waals surface area contributed by atoms with Crippen molar-refractivity contribution in [1.82, 2.24) is 9.80 Å². The molecule has 9 heteroatoms. The van der Waals surface area contributed by atoms with Crippen LogP contribution < -0.4 is 15.0 Å². The fourth-order valence-electron chi connectivity index (χ4n) is 5.11. The van der Waals surface area contributed by atoms with Crippen LogP contribution in [-0.4, -0.2) is 67.9 Å². The molecule has 0 radical (unpaired) electrons. The first-order valence-electron chi connectivity index (χ1n) is 14.0. The van der Waals surface area contributed by atoms with Gasteiger partial charge in [0, 0.05) is 56.7 Å². The van der Waals surface area contributed by atoms with Gasteiger partial charge in [-0.15, -0.1) is 0 Å². The number of piperazine rings is 1. The summed E-state index contributed by atoms with van der Waals surface area (Å²) in [5, 5.41) is 3.23. The summed E-state index contributed by atoms with van der Waals surface area (Å²) < 4.78 is 5.20. The number of carbonyl (C=O) groups is 3. The lowest BCUT2D eigenvalue weighted by Crippen LogP contribution is -2.49. The van der Waals surface area contributed by atoms with E-state index in [1.54, 1.807) is 79.7 Å². The number of nitrogens with zero attached hydrogens (tertiary/aromatic N) is 3. The Morgan fingerprint density at radius 2 is 1.51 bits per heavy atom. The molecule has 0 atom stereocenters. The number of rotatable bonds is 8. The van der Waals surface area contributed by atoms with Gasteiger partial charge in [-0.2, -0.15) is 0 Å². The average Bonchev–Trinajstić information content (AvgIpc) is 3.05. The zero-order valence-electron chi connectivity index (χ0n) is 24.1. The van der Waals surface area contributed by atoms with E-state index in [-0.39, 0.29) is 17.7 Å². The monoisotopic (exact) mass is 596 g/mol. The molecule has 43 heavy (non-hydrogen) atoms. The van der Waals surface area contributed by atoms with Gasteiger partial charge in [-0.1, -0.05) is 54.1 Å². The van der Waals surface area contributed by atoms with Crippen LogP contribution in [0.2, 0.25) is 5.02 Å². The second-order valence-electron chi connectivity index (χ2n) is 10.3. The van der Waals surface area contributed by atoms with E-state index in [4.69, 9.17) is 16.3 Å². The van der Waals surface area contributed by atoms with Gasteiger partial charge in [-0.05, 0) is 60.2 Å². The Bertz CT molecular complexity index is 1600. The lowest BCUT2D eigenvalue weighted by Gasteiger charge is -2.37. The van der Waals surface area contributed by atoms with Gasteiger partial charge >= 0.3 is 0 Å². The predicted molar refractivity (Wildman–Crippen MR) is 169 cm³/mol. The van der Waals surface area contributed by atoms with E-state index in [0.717, 1.165) is 11.3 Å². The summed E-state index contributed by atoms with van der Waals surface area (Å²) in [4.78, 5) is 45.6. The molecule has 0 spiro atoms. The Hall–Kier alpha value is -4.82. The number of hydrogen-bond acceptors (Lipinski definition) is 5. The maximum Gasteiger partial charge on any atom is 0.257 e. The van der Waals surface area contributed by atoms with Crippen LogP contribution in [0.15, 0.2) is 97.1 Å². The van der Waals surface area contributed by atoms with Gasteiger partial charge in [0.15, 0.2) is 0 Å². The number of halogens is 1. The van der Waals surface area contributed by atoms with E-state index in [9.17, 15) is 14.4 Å². The first-order chi connectivity index (χ1) is 20.8. The van der Waals surface area contributed by atoms with E-state index in [2.05, 4.69) is 10.2 Å². The SMILES string of the molecule is COc1ccc(C(=O)N2CCN(c3ccc(NC(=O)c4ccccc4Cl)cc3C(=O)N(C)Cc3ccccc3)CC2)cc1. The molecule has 0 aromatic heterocycles. The van der Waals surface area contributed by atoms with Gasteiger partial charge < -0.3 is 24.8 Å². The Kier molecular flexibility index (Phi) is 9.27. The molecule has 8 nitrogen and oxygen atoms in total. The smallest absolute Gasteiger partial charge is 0.257 e. The minimum absolute atomic E-state index is 0.0427. The van der Waals surface area contributed by atoms with Crippen molar-refractivity contribution in [3.8, 4) is 5.75 Å². The fraction of sp³-hybridized carbons (Fsp3) is 0.206. The third-order valence-electron chi connectivity index (χ3n) is 7.46. The van der Waals surface area contributed by atoms with Crippen LogP contribution in [0.3, 0.4) is 0 Å². The largest absolute Gasteiger partial charge is 0.497 e. The van der Waals surface area contributed by atoms with Crippen LogP contribution in [0.4, 0.5) is 11.4 Å². The molecule has 3 amide bonds. The summed E-state index contributed by atoms with van der Waals surface area (Å²) in [5.41, 5.74) is 3.65. The van der Waals surface area contributed by atoms with Gasteiger partial charge in [0.2, 0.25) is 0 Å². The van der Waals surface area contributed by atoms with E-state index in [1.165, 1.54) is 0 Å². The molecule has 5 rings (SSSR count). The van der Waals surface area contributed by atoms with Crippen molar-refractivity contribution in [1.29, 1.82) is 0 Å². The molecule has 220 valence electrons. The van der Waals surface area contributed by atoms with E-state index in [1.807, 2.05) is 41.3 Å². The summed E-state index contributed by atoms with van der Waals surface area (Å²) >= 11 is 6.24. The summed E-state index contributed by atoms with van der Waals surface area (Å²) in [7, 11) is 3.35. The molecule has 0 aliphatic carbocycles.